The van der Waals surface area contributed by atoms with E-state index in [2.05, 4.69) is 5.32 Å². The molecule has 7 nitrogen and oxygen atoms in total. The quantitative estimate of drug-likeness (QED) is 0.622. The highest BCUT2D eigenvalue weighted by Crippen LogP contribution is 2.39. The minimum Gasteiger partial charge on any atom is -0.454 e. The smallest absolute Gasteiger partial charge is 0.339 e. The zero-order chi connectivity index (χ0) is 19.6. The Balaban J connectivity index is 1.63. The summed E-state index contributed by atoms with van der Waals surface area (Å²) in [4.78, 5) is 35.8. The molecule has 1 aliphatic heterocycles. The van der Waals surface area contributed by atoms with E-state index in [0.717, 1.165) is 0 Å². The number of amides is 1. The van der Waals surface area contributed by atoms with Crippen LogP contribution in [0.3, 0.4) is 0 Å². The highest BCUT2D eigenvalue weighted by atomic mass is 35.5. The molecule has 0 bridgehead atoms. The first-order chi connectivity index (χ1) is 12.8. The van der Waals surface area contributed by atoms with Crippen LogP contribution < -0.4 is 14.8 Å². The van der Waals surface area contributed by atoms with Gasteiger partial charge in [-0.3, -0.25) is 9.59 Å². The van der Waals surface area contributed by atoms with E-state index in [0.29, 0.717) is 22.7 Å². The Labute approximate surface area is 160 Å². The predicted molar refractivity (Wildman–Crippen MR) is 97.5 cm³/mol. The Morgan fingerprint density at radius 3 is 2.48 bits per heavy atom. The van der Waals surface area contributed by atoms with Crippen molar-refractivity contribution >= 4 is 34.9 Å². The summed E-state index contributed by atoms with van der Waals surface area (Å²) in [6.07, 6.45) is -1.05. The molecule has 8 heteroatoms. The third kappa shape index (κ3) is 4.20. The Morgan fingerprint density at radius 2 is 1.81 bits per heavy atom. The van der Waals surface area contributed by atoms with Crippen molar-refractivity contribution in [3.05, 3.63) is 52.5 Å². The number of Topliss-reactive ketones (excluding diaryl/α,β-unsaturated/α-hetero) is 1. The maximum atomic E-state index is 12.3. The van der Waals surface area contributed by atoms with Gasteiger partial charge in [0.15, 0.2) is 23.4 Å². The number of hydrogen-bond acceptors (Lipinski definition) is 6. The van der Waals surface area contributed by atoms with Crippen molar-refractivity contribution in [3.8, 4) is 11.5 Å². The molecule has 1 N–H and O–H groups in total. The van der Waals surface area contributed by atoms with E-state index in [9.17, 15) is 14.4 Å². The summed E-state index contributed by atoms with van der Waals surface area (Å²) in [5, 5.41) is 2.84. The van der Waals surface area contributed by atoms with Crippen LogP contribution in [0, 0.1) is 0 Å². The molecule has 0 spiro atoms. The van der Waals surface area contributed by atoms with E-state index in [1.165, 1.54) is 26.0 Å². The predicted octanol–water partition coefficient (Wildman–Crippen LogP) is 3.46. The monoisotopic (exact) mass is 389 g/mol. The molecule has 1 aliphatic rings. The van der Waals surface area contributed by atoms with Crippen LogP contribution in [0.2, 0.25) is 5.02 Å². The maximum absolute atomic E-state index is 12.3. The average Bonchev–Trinajstić information content (AvgIpc) is 3.11. The second-order valence-electron chi connectivity index (χ2n) is 5.86. The number of benzene rings is 2. The van der Waals surface area contributed by atoms with Gasteiger partial charge in [0.1, 0.15) is 0 Å². The van der Waals surface area contributed by atoms with Gasteiger partial charge < -0.3 is 19.5 Å². The molecule has 0 radical (unpaired) electrons. The zero-order valence-electron chi connectivity index (χ0n) is 14.6. The highest BCUT2D eigenvalue weighted by molar-refractivity contribution is 6.32. The summed E-state index contributed by atoms with van der Waals surface area (Å²) in [5.41, 5.74) is 1.17. The van der Waals surface area contributed by atoms with Crippen molar-refractivity contribution in [3.63, 3.8) is 0 Å². The van der Waals surface area contributed by atoms with Crippen LogP contribution >= 0.6 is 11.6 Å². The number of rotatable bonds is 5. The molecule has 1 amide bonds. The molecule has 1 heterocycles. The molecule has 0 saturated carbocycles. The molecule has 0 unspecified atom stereocenters. The minimum atomic E-state index is -1.05. The van der Waals surface area contributed by atoms with Crippen LogP contribution in [0.15, 0.2) is 36.4 Å². The van der Waals surface area contributed by atoms with Crippen LogP contribution in [0.1, 0.15) is 34.6 Å². The summed E-state index contributed by atoms with van der Waals surface area (Å²) in [6, 6.07) is 9.23. The van der Waals surface area contributed by atoms with Gasteiger partial charge in [0.25, 0.3) is 5.91 Å². The van der Waals surface area contributed by atoms with E-state index in [1.807, 2.05) is 0 Å². The molecule has 1 atom stereocenters. The molecule has 0 fully saturated rings. The van der Waals surface area contributed by atoms with E-state index >= 15 is 0 Å². The summed E-state index contributed by atoms with van der Waals surface area (Å²) < 4.78 is 15.6. The summed E-state index contributed by atoms with van der Waals surface area (Å²) in [7, 11) is 0. The molecular weight excluding hydrogens is 374 g/mol. The number of hydrogen-bond donors (Lipinski definition) is 1. The molecule has 2 aromatic carbocycles. The lowest BCUT2D eigenvalue weighted by Gasteiger charge is -2.14. The third-order valence-electron chi connectivity index (χ3n) is 3.87. The third-order valence-corrected chi connectivity index (χ3v) is 4.16. The number of esters is 1. The number of carbonyl (C=O) groups excluding carboxylic acids is 3. The van der Waals surface area contributed by atoms with Crippen molar-refractivity contribution < 1.29 is 28.6 Å². The second-order valence-corrected chi connectivity index (χ2v) is 6.27. The molecule has 140 valence electrons. The van der Waals surface area contributed by atoms with Gasteiger partial charge in [0.2, 0.25) is 6.79 Å². The van der Waals surface area contributed by atoms with Gasteiger partial charge >= 0.3 is 5.97 Å². The first-order valence-electron chi connectivity index (χ1n) is 8.07. The number of fused-ring (bicyclic) bond motifs is 1. The average molecular weight is 390 g/mol. The SMILES string of the molecule is CC(=O)c1ccc(NC(=O)[C@H](C)OC(=O)c2cc(Cl)c3c(c2)OCO3)cc1. The lowest BCUT2D eigenvalue weighted by molar-refractivity contribution is -0.123. The van der Waals surface area contributed by atoms with Gasteiger partial charge in [0, 0.05) is 11.3 Å². The lowest BCUT2D eigenvalue weighted by Crippen LogP contribution is -2.30. The highest BCUT2D eigenvalue weighted by Gasteiger charge is 2.24. The van der Waals surface area contributed by atoms with Crippen LogP contribution in [0.25, 0.3) is 0 Å². The van der Waals surface area contributed by atoms with E-state index in [-0.39, 0.29) is 23.2 Å². The number of halogens is 1. The molecule has 2 aromatic rings. The maximum Gasteiger partial charge on any atom is 0.339 e. The number of carbonyl (C=O) groups is 3. The number of anilines is 1. The molecule has 0 aliphatic carbocycles. The molecule has 0 saturated heterocycles. The van der Waals surface area contributed by atoms with Gasteiger partial charge in [-0.2, -0.15) is 0 Å². The van der Waals surface area contributed by atoms with Crippen LogP contribution in [0.4, 0.5) is 5.69 Å². The number of nitrogens with one attached hydrogen (secondary N) is 1. The Morgan fingerprint density at radius 1 is 1.11 bits per heavy atom. The zero-order valence-corrected chi connectivity index (χ0v) is 15.3. The van der Waals surface area contributed by atoms with Crippen LogP contribution in [0.5, 0.6) is 11.5 Å². The molecule has 27 heavy (non-hydrogen) atoms. The fourth-order valence-corrected chi connectivity index (χ4v) is 2.66. The van der Waals surface area contributed by atoms with Crippen molar-refractivity contribution in [1.82, 2.24) is 0 Å². The van der Waals surface area contributed by atoms with E-state index in [4.69, 9.17) is 25.8 Å². The lowest BCUT2D eigenvalue weighted by atomic mass is 10.1. The van der Waals surface area contributed by atoms with Crippen LogP contribution in [-0.4, -0.2) is 30.6 Å². The fraction of sp³-hybridized carbons (Fsp3) is 0.211. The summed E-state index contributed by atoms with van der Waals surface area (Å²) >= 11 is 6.04. The summed E-state index contributed by atoms with van der Waals surface area (Å²) in [5.74, 6) is -0.585. The van der Waals surface area contributed by atoms with Gasteiger partial charge in [-0.1, -0.05) is 11.6 Å². The Hall–Kier alpha value is -3.06. The first kappa shape index (κ1) is 18.7. The Kier molecular flexibility index (Phi) is 5.32. The standard InChI is InChI=1S/C19H16ClNO6/c1-10(22)12-3-5-14(6-4-12)21-18(23)11(2)27-19(24)13-7-15(20)17-16(8-13)25-9-26-17/h3-8,11H,9H2,1-2H3,(H,21,23)/t11-/m0/s1. The van der Waals surface area contributed by atoms with Gasteiger partial charge in [0.05, 0.1) is 10.6 Å². The van der Waals surface area contributed by atoms with Gasteiger partial charge in [-0.15, -0.1) is 0 Å². The van der Waals surface area contributed by atoms with Crippen molar-refractivity contribution in [2.45, 2.75) is 20.0 Å². The normalized spacial score (nSPS) is 13.0. The Bertz CT molecular complexity index is 909. The molecule has 0 aromatic heterocycles. The van der Waals surface area contributed by atoms with Crippen LogP contribution in [-0.2, 0) is 9.53 Å². The summed E-state index contributed by atoms with van der Waals surface area (Å²) in [6.45, 7) is 2.93. The van der Waals surface area contributed by atoms with Gasteiger partial charge in [-0.05, 0) is 50.2 Å². The van der Waals surface area contributed by atoms with Gasteiger partial charge in [-0.25, -0.2) is 4.79 Å². The molecule has 3 rings (SSSR count). The molecular formula is C19H16ClNO6. The van der Waals surface area contributed by atoms with E-state index in [1.54, 1.807) is 24.3 Å². The largest absolute Gasteiger partial charge is 0.454 e. The first-order valence-corrected chi connectivity index (χ1v) is 8.45. The van der Waals surface area contributed by atoms with Crippen molar-refractivity contribution in [1.29, 1.82) is 0 Å². The number of ketones is 1. The fourth-order valence-electron chi connectivity index (χ4n) is 2.40. The topological polar surface area (TPSA) is 90.9 Å². The van der Waals surface area contributed by atoms with E-state index < -0.39 is 18.0 Å². The second kappa shape index (κ2) is 7.67. The number of ether oxygens (including phenoxy) is 3. The van der Waals surface area contributed by atoms with Crippen molar-refractivity contribution in [2.24, 2.45) is 0 Å². The minimum absolute atomic E-state index is 0.0226. The van der Waals surface area contributed by atoms with Crippen molar-refractivity contribution in [2.75, 3.05) is 12.1 Å².